The maximum absolute atomic E-state index is 13.6. The van der Waals surface area contributed by atoms with Gasteiger partial charge in [-0.1, -0.05) is 18.6 Å². The van der Waals surface area contributed by atoms with Gasteiger partial charge in [0, 0.05) is 11.6 Å². The van der Waals surface area contributed by atoms with Crippen molar-refractivity contribution in [3.63, 3.8) is 0 Å². The standard InChI is InChI=1S/C15H18FNO3/c1-9(2)6-10(3)15(20)17-12-5-4-11(7-14(18)19)13(16)8-12/h4-5,8,10H,1,6-7H2,2-3H3,(H,17,20)(H,18,19). The molecular formula is C15H18FNO3. The van der Waals surface area contributed by atoms with Gasteiger partial charge in [-0.3, -0.25) is 9.59 Å². The van der Waals surface area contributed by atoms with Crippen molar-refractivity contribution in [2.75, 3.05) is 5.32 Å². The van der Waals surface area contributed by atoms with Crippen molar-refractivity contribution in [2.24, 2.45) is 5.92 Å². The summed E-state index contributed by atoms with van der Waals surface area (Å²) in [7, 11) is 0. The molecule has 0 aliphatic carbocycles. The third-order valence-corrected chi connectivity index (χ3v) is 2.76. The number of benzene rings is 1. The van der Waals surface area contributed by atoms with E-state index in [4.69, 9.17) is 5.11 Å². The number of carbonyl (C=O) groups is 2. The van der Waals surface area contributed by atoms with Gasteiger partial charge in [0.15, 0.2) is 0 Å². The molecule has 0 aliphatic rings. The Morgan fingerprint density at radius 3 is 2.60 bits per heavy atom. The van der Waals surface area contributed by atoms with Crippen LogP contribution in [0.3, 0.4) is 0 Å². The van der Waals surface area contributed by atoms with E-state index >= 15 is 0 Å². The Bertz CT molecular complexity index is 540. The number of carboxylic acid groups (broad SMARTS) is 1. The van der Waals surface area contributed by atoms with E-state index in [2.05, 4.69) is 11.9 Å². The molecule has 1 atom stereocenters. The Morgan fingerprint density at radius 1 is 1.45 bits per heavy atom. The van der Waals surface area contributed by atoms with Gasteiger partial charge in [0.2, 0.25) is 5.91 Å². The van der Waals surface area contributed by atoms with Crippen molar-refractivity contribution < 1.29 is 19.1 Å². The summed E-state index contributed by atoms with van der Waals surface area (Å²) in [5.74, 6) is -2.22. The van der Waals surface area contributed by atoms with E-state index in [1.54, 1.807) is 6.92 Å². The monoisotopic (exact) mass is 279 g/mol. The Balaban J connectivity index is 2.74. The number of halogens is 1. The number of carboxylic acids is 1. The maximum atomic E-state index is 13.6. The summed E-state index contributed by atoms with van der Waals surface area (Å²) in [6.07, 6.45) is 0.178. The predicted octanol–water partition coefficient (Wildman–Crippen LogP) is 2.99. The quantitative estimate of drug-likeness (QED) is 0.787. The summed E-state index contributed by atoms with van der Waals surface area (Å²) in [5.41, 5.74) is 1.30. The van der Waals surface area contributed by atoms with Crippen LogP contribution in [0.4, 0.5) is 10.1 Å². The highest BCUT2D eigenvalue weighted by molar-refractivity contribution is 5.92. The van der Waals surface area contributed by atoms with Crippen LogP contribution < -0.4 is 5.32 Å². The SMILES string of the molecule is C=C(C)CC(C)C(=O)Nc1ccc(CC(=O)O)c(F)c1. The Kier molecular flexibility index (Phi) is 5.43. The zero-order valence-electron chi connectivity index (χ0n) is 11.6. The molecule has 0 radical (unpaired) electrons. The van der Waals surface area contributed by atoms with Crippen LogP contribution in [-0.4, -0.2) is 17.0 Å². The van der Waals surface area contributed by atoms with Crippen LogP contribution in [0.15, 0.2) is 30.4 Å². The van der Waals surface area contributed by atoms with Gasteiger partial charge in [0.1, 0.15) is 5.82 Å². The summed E-state index contributed by atoms with van der Waals surface area (Å²) in [4.78, 5) is 22.4. The highest BCUT2D eigenvalue weighted by atomic mass is 19.1. The fourth-order valence-electron chi connectivity index (χ4n) is 1.81. The molecule has 0 aromatic heterocycles. The number of hydrogen-bond donors (Lipinski definition) is 2. The first-order valence-electron chi connectivity index (χ1n) is 6.25. The molecule has 1 aromatic rings. The Morgan fingerprint density at radius 2 is 2.10 bits per heavy atom. The molecule has 0 spiro atoms. The zero-order valence-corrected chi connectivity index (χ0v) is 11.6. The summed E-state index contributed by atoms with van der Waals surface area (Å²) >= 11 is 0. The highest BCUT2D eigenvalue weighted by Crippen LogP contribution is 2.17. The molecular weight excluding hydrogens is 261 g/mol. The summed E-state index contributed by atoms with van der Waals surface area (Å²) in [5, 5.41) is 11.2. The van der Waals surface area contributed by atoms with Gasteiger partial charge in [0.25, 0.3) is 0 Å². The Hall–Kier alpha value is -2.17. The number of allylic oxidation sites excluding steroid dienone is 1. The van der Waals surface area contributed by atoms with Gasteiger partial charge >= 0.3 is 5.97 Å². The molecule has 1 unspecified atom stereocenters. The minimum Gasteiger partial charge on any atom is -0.481 e. The molecule has 0 heterocycles. The van der Waals surface area contributed by atoms with E-state index in [1.165, 1.54) is 12.1 Å². The number of anilines is 1. The number of nitrogens with one attached hydrogen (secondary N) is 1. The van der Waals surface area contributed by atoms with Crippen LogP contribution in [0.5, 0.6) is 0 Å². The van der Waals surface area contributed by atoms with Crippen molar-refractivity contribution in [2.45, 2.75) is 26.7 Å². The van der Waals surface area contributed by atoms with Crippen molar-refractivity contribution in [3.8, 4) is 0 Å². The molecule has 1 aromatic carbocycles. The van der Waals surface area contributed by atoms with Gasteiger partial charge in [-0.05, 0) is 31.0 Å². The van der Waals surface area contributed by atoms with Crippen molar-refractivity contribution in [1.82, 2.24) is 0 Å². The number of hydrogen-bond acceptors (Lipinski definition) is 2. The zero-order chi connectivity index (χ0) is 15.3. The number of rotatable bonds is 6. The molecule has 20 heavy (non-hydrogen) atoms. The summed E-state index contributed by atoms with van der Waals surface area (Å²) in [6.45, 7) is 7.34. The lowest BCUT2D eigenvalue weighted by molar-refractivity contribution is -0.136. The molecule has 0 bridgehead atoms. The van der Waals surface area contributed by atoms with E-state index < -0.39 is 11.8 Å². The fourth-order valence-corrected chi connectivity index (χ4v) is 1.81. The van der Waals surface area contributed by atoms with Gasteiger partial charge in [-0.25, -0.2) is 4.39 Å². The van der Waals surface area contributed by atoms with Gasteiger partial charge in [-0.2, -0.15) is 0 Å². The molecule has 108 valence electrons. The lowest BCUT2D eigenvalue weighted by Crippen LogP contribution is -2.20. The summed E-state index contributed by atoms with van der Waals surface area (Å²) in [6, 6.07) is 3.99. The molecule has 1 amide bonds. The van der Waals surface area contributed by atoms with E-state index in [0.717, 1.165) is 11.6 Å². The van der Waals surface area contributed by atoms with Gasteiger partial charge in [0.05, 0.1) is 6.42 Å². The summed E-state index contributed by atoms with van der Waals surface area (Å²) < 4.78 is 13.6. The van der Waals surface area contributed by atoms with Crippen LogP contribution in [-0.2, 0) is 16.0 Å². The number of carbonyl (C=O) groups excluding carboxylic acids is 1. The first kappa shape index (κ1) is 15.9. The molecule has 5 heteroatoms. The Labute approximate surface area is 117 Å². The molecule has 0 fully saturated rings. The molecule has 4 nitrogen and oxygen atoms in total. The van der Waals surface area contributed by atoms with Crippen LogP contribution in [0.1, 0.15) is 25.8 Å². The van der Waals surface area contributed by atoms with Crippen molar-refractivity contribution >= 4 is 17.6 Å². The van der Waals surface area contributed by atoms with E-state index in [0.29, 0.717) is 12.1 Å². The maximum Gasteiger partial charge on any atom is 0.307 e. The average Bonchev–Trinajstić information content (AvgIpc) is 2.31. The molecule has 2 N–H and O–H groups in total. The van der Waals surface area contributed by atoms with Crippen LogP contribution in [0.25, 0.3) is 0 Å². The van der Waals surface area contributed by atoms with Gasteiger partial charge in [-0.15, -0.1) is 6.58 Å². The van der Waals surface area contributed by atoms with Gasteiger partial charge < -0.3 is 10.4 Å². The van der Waals surface area contributed by atoms with Crippen LogP contribution >= 0.6 is 0 Å². The number of aliphatic carboxylic acids is 1. The van der Waals surface area contributed by atoms with E-state index in [-0.39, 0.29) is 23.8 Å². The molecule has 0 saturated carbocycles. The van der Waals surface area contributed by atoms with Crippen molar-refractivity contribution in [1.29, 1.82) is 0 Å². The molecule has 0 saturated heterocycles. The fraction of sp³-hybridized carbons (Fsp3) is 0.333. The minimum absolute atomic E-state index is 0.0884. The second kappa shape index (κ2) is 6.84. The van der Waals surface area contributed by atoms with Crippen LogP contribution in [0, 0.1) is 11.7 Å². The second-order valence-corrected chi connectivity index (χ2v) is 4.93. The third kappa shape index (κ3) is 4.84. The largest absolute Gasteiger partial charge is 0.481 e. The number of amides is 1. The van der Waals surface area contributed by atoms with Crippen molar-refractivity contribution in [3.05, 3.63) is 41.7 Å². The topological polar surface area (TPSA) is 66.4 Å². The predicted molar refractivity (Wildman–Crippen MR) is 75.0 cm³/mol. The van der Waals surface area contributed by atoms with Crippen LogP contribution in [0.2, 0.25) is 0 Å². The van der Waals surface area contributed by atoms with E-state index in [1.807, 2.05) is 6.92 Å². The lowest BCUT2D eigenvalue weighted by Gasteiger charge is -2.12. The minimum atomic E-state index is -1.10. The average molecular weight is 279 g/mol. The highest BCUT2D eigenvalue weighted by Gasteiger charge is 2.14. The second-order valence-electron chi connectivity index (χ2n) is 4.93. The normalized spacial score (nSPS) is 11.8. The third-order valence-electron chi connectivity index (χ3n) is 2.76. The smallest absolute Gasteiger partial charge is 0.307 e. The molecule has 1 rings (SSSR count). The lowest BCUT2D eigenvalue weighted by atomic mass is 10.0. The first-order chi connectivity index (χ1) is 9.29. The molecule has 0 aliphatic heterocycles. The first-order valence-corrected chi connectivity index (χ1v) is 6.25. The van der Waals surface area contributed by atoms with E-state index in [9.17, 15) is 14.0 Å².